The minimum atomic E-state index is -1.04. The Morgan fingerprint density at radius 3 is 2.62 bits per heavy atom. The number of piperidine rings is 1. The molecule has 0 bridgehead atoms. The fraction of sp³-hybridized carbons (Fsp3) is 0.417. The van der Waals surface area contributed by atoms with Gasteiger partial charge in [0.1, 0.15) is 17.2 Å². The Morgan fingerprint density at radius 2 is 1.91 bits per heavy atom. The van der Waals surface area contributed by atoms with Crippen LogP contribution in [-0.4, -0.2) is 77.4 Å². The average molecular weight is 466 g/mol. The Bertz CT molecular complexity index is 1180. The zero-order valence-corrected chi connectivity index (χ0v) is 18.9. The van der Waals surface area contributed by atoms with Crippen molar-refractivity contribution in [2.45, 2.75) is 25.2 Å². The van der Waals surface area contributed by atoms with Gasteiger partial charge in [-0.1, -0.05) is 24.3 Å². The Kier molecular flexibility index (Phi) is 6.36. The molecule has 178 valence electrons. The number of halogens is 1. The molecule has 2 saturated heterocycles. The molecule has 0 spiro atoms. The van der Waals surface area contributed by atoms with Crippen molar-refractivity contribution in [2.75, 3.05) is 44.3 Å². The number of alkyl halides is 1. The van der Waals surface area contributed by atoms with Crippen LogP contribution in [0, 0.1) is 0 Å². The lowest BCUT2D eigenvalue weighted by atomic mass is 10.0. The van der Waals surface area contributed by atoms with Crippen molar-refractivity contribution in [3.63, 3.8) is 0 Å². The Labute approximate surface area is 196 Å². The van der Waals surface area contributed by atoms with Crippen LogP contribution < -0.4 is 16.4 Å². The van der Waals surface area contributed by atoms with Gasteiger partial charge in [-0.3, -0.25) is 9.69 Å². The molecule has 3 aromatic rings. The summed E-state index contributed by atoms with van der Waals surface area (Å²) in [6.07, 6.45) is 0.847. The first-order valence-electron chi connectivity index (χ1n) is 11.5. The predicted molar refractivity (Wildman–Crippen MR) is 127 cm³/mol. The van der Waals surface area contributed by atoms with Gasteiger partial charge >= 0.3 is 0 Å². The molecule has 0 unspecified atom stereocenters. The molecule has 10 heteroatoms. The Hall–Kier alpha value is -3.21. The maximum absolute atomic E-state index is 13.8. The second-order valence-corrected chi connectivity index (χ2v) is 8.82. The maximum atomic E-state index is 13.8. The highest BCUT2D eigenvalue weighted by Crippen LogP contribution is 2.26. The van der Waals surface area contributed by atoms with E-state index in [-0.39, 0.29) is 5.56 Å². The second kappa shape index (κ2) is 9.57. The molecule has 2 aliphatic rings. The third kappa shape index (κ3) is 4.70. The molecule has 0 aliphatic carbocycles. The number of primary amides is 1. The van der Waals surface area contributed by atoms with Crippen molar-refractivity contribution in [1.29, 1.82) is 0 Å². The molecule has 1 aromatic carbocycles. The average Bonchev–Trinajstić information content (AvgIpc) is 2.86. The van der Waals surface area contributed by atoms with Crippen LogP contribution in [0.3, 0.4) is 0 Å². The van der Waals surface area contributed by atoms with Crippen molar-refractivity contribution in [3.8, 4) is 11.3 Å². The first-order valence-corrected chi connectivity index (χ1v) is 11.5. The quantitative estimate of drug-likeness (QED) is 0.581. The van der Waals surface area contributed by atoms with Crippen molar-refractivity contribution in [1.82, 2.24) is 19.9 Å². The summed E-state index contributed by atoms with van der Waals surface area (Å²) in [4.78, 5) is 30.1. The maximum Gasteiger partial charge on any atom is 0.251 e. The number of ether oxygens (including phenoxy) is 1. The number of hydrogen-bond acceptors (Lipinski definition) is 8. The Morgan fingerprint density at radius 1 is 1.15 bits per heavy atom. The number of rotatable bonds is 5. The number of benzene rings is 1. The SMILES string of the molecule is NC(=O)c1cc(-c2ccc(CN3CCOCC3)cc2)nc2cnc(N3CC[C@@H](F)[C@H](N)C3)nc12. The molecule has 0 saturated carbocycles. The number of aromatic nitrogens is 3. The number of anilines is 1. The van der Waals surface area contributed by atoms with Crippen molar-refractivity contribution in [2.24, 2.45) is 11.5 Å². The van der Waals surface area contributed by atoms with E-state index < -0.39 is 18.1 Å². The van der Waals surface area contributed by atoms with E-state index in [4.69, 9.17) is 16.2 Å². The highest BCUT2D eigenvalue weighted by molar-refractivity contribution is 6.05. The van der Waals surface area contributed by atoms with E-state index >= 15 is 0 Å². The number of morpholine rings is 1. The number of hydrogen-bond donors (Lipinski definition) is 2. The summed E-state index contributed by atoms with van der Waals surface area (Å²) in [6.45, 7) is 5.00. The van der Waals surface area contributed by atoms with E-state index in [9.17, 15) is 9.18 Å². The topological polar surface area (TPSA) is 123 Å². The van der Waals surface area contributed by atoms with Crippen LogP contribution in [0.1, 0.15) is 22.3 Å². The molecule has 4 heterocycles. The van der Waals surface area contributed by atoms with Crippen molar-refractivity contribution < 1.29 is 13.9 Å². The smallest absolute Gasteiger partial charge is 0.251 e. The molecule has 2 aromatic heterocycles. The molecule has 0 radical (unpaired) electrons. The highest BCUT2D eigenvalue weighted by Gasteiger charge is 2.28. The van der Waals surface area contributed by atoms with Gasteiger partial charge in [0.15, 0.2) is 0 Å². The van der Waals surface area contributed by atoms with E-state index in [1.807, 2.05) is 17.0 Å². The van der Waals surface area contributed by atoms with Gasteiger partial charge in [0, 0.05) is 38.3 Å². The number of nitrogens with zero attached hydrogens (tertiary/aromatic N) is 5. The number of carbonyl (C=O) groups excluding carboxylic acids is 1. The lowest BCUT2D eigenvalue weighted by Gasteiger charge is -2.33. The molecular weight excluding hydrogens is 437 g/mol. The lowest BCUT2D eigenvalue weighted by molar-refractivity contribution is 0.0342. The minimum Gasteiger partial charge on any atom is -0.379 e. The standard InChI is InChI=1S/C24H28FN7O2/c25-18-5-6-32(14-19(18)26)24-28-12-21-22(30-24)17(23(27)33)11-20(29-21)16-3-1-15(2-4-16)13-31-7-9-34-10-8-31/h1-4,11-12,18-19H,5-10,13-14,26H2,(H2,27,33)/t18-,19-/m1/s1. The molecular formula is C24H28FN7O2. The zero-order chi connectivity index (χ0) is 23.7. The van der Waals surface area contributed by atoms with E-state index in [0.29, 0.717) is 42.2 Å². The van der Waals surface area contributed by atoms with Crippen LogP contribution in [0.25, 0.3) is 22.3 Å². The van der Waals surface area contributed by atoms with Crippen LogP contribution in [0.4, 0.5) is 10.3 Å². The van der Waals surface area contributed by atoms with E-state index in [2.05, 4.69) is 32.0 Å². The van der Waals surface area contributed by atoms with Crippen LogP contribution in [0.5, 0.6) is 0 Å². The second-order valence-electron chi connectivity index (χ2n) is 8.82. The van der Waals surface area contributed by atoms with Crippen molar-refractivity contribution in [3.05, 3.63) is 47.7 Å². The normalized spacial score (nSPS) is 21.6. The highest BCUT2D eigenvalue weighted by atomic mass is 19.1. The van der Waals surface area contributed by atoms with Gasteiger partial charge in [0.25, 0.3) is 5.91 Å². The molecule has 2 atom stereocenters. The number of amides is 1. The third-order valence-electron chi connectivity index (χ3n) is 6.41. The van der Waals surface area contributed by atoms with Gasteiger partial charge in [-0.2, -0.15) is 0 Å². The summed E-state index contributed by atoms with van der Waals surface area (Å²) in [5.41, 5.74) is 15.4. The third-order valence-corrected chi connectivity index (χ3v) is 6.41. The van der Waals surface area contributed by atoms with Gasteiger partial charge in [0.05, 0.1) is 36.7 Å². The number of fused-ring (bicyclic) bond motifs is 1. The van der Waals surface area contributed by atoms with Crippen molar-refractivity contribution >= 4 is 22.9 Å². The van der Waals surface area contributed by atoms with Gasteiger partial charge in [-0.25, -0.2) is 19.3 Å². The molecule has 5 rings (SSSR count). The summed E-state index contributed by atoms with van der Waals surface area (Å²) in [5.74, 6) is -0.208. The Balaban J connectivity index is 1.43. The van der Waals surface area contributed by atoms with Gasteiger partial charge < -0.3 is 21.1 Å². The zero-order valence-electron chi connectivity index (χ0n) is 18.9. The summed E-state index contributed by atoms with van der Waals surface area (Å²) in [5, 5.41) is 0. The monoisotopic (exact) mass is 465 g/mol. The summed E-state index contributed by atoms with van der Waals surface area (Å²) in [7, 11) is 0. The summed E-state index contributed by atoms with van der Waals surface area (Å²) in [6, 6.07) is 9.18. The number of pyridine rings is 1. The fourth-order valence-electron chi connectivity index (χ4n) is 4.43. The molecule has 2 aliphatic heterocycles. The summed E-state index contributed by atoms with van der Waals surface area (Å²) < 4.78 is 19.2. The lowest BCUT2D eigenvalue weighted by Crippen LogP contribution is -2.50. The van der Waals surface area contributed by atoms with Gasteiger partial charge in [0.2, 0.25) is 5.95 Å². The van der Waals surface area contributed by atoms with E-state index in [1.165, 1.54) is 5.56 Å². The van der Waals surface area contributed by atoms with E-state index in [0.717, 1.165) is 38.4 Å². The largest absolute Gasteiger partial charge is 0.379 e. The van der Waals surface area contributed by atoms with E-state index in [1.54, 1.807) is 12.3 Å². The minimum absolute atomic E-state index is 0.269. The van der Waals surface area contributed by atoms with Crippen LogP contribution in [0.2, 0.25) is 0 Å². The predicted octanol–water partition coefficient (Wildman–Crippen LogP) is 1.50. The summed E-state index contributed by atoms with van der Waals surface area (Å²) >= 11 is 0. The van der Waals surface area contributed by atoms with Gasteiger partial charge in [-0.15, -0.1) is 0 Å². The van der Waals surface area contributed by atoms with Crippen LogP contribution >= 0.6 is 0 Å². The van der Waals surface area contributed by atoms with Crippen LogP contribution in [-0.2, 0) is 11.3 Å². The number of carbonyl (C=O) groups is 1. The first kappa shape index (κ1) is 22.6. The molecule has 9 nitrogen and oxygen atoms in total. The number of nitrogens with two attached hydrogens (primary N) is 2. The van der Waals surface area contributed by atoms with Gasteiger partial charge in [-0.05, 0) is 18.1 Å². The molecule has 2 fully saturated rings. The van der Waals surface area contributed by atoms with Crippen LogP contribution in [0.15, 0.2) is 36.5 Å². The fourth-order valence-corrected chi connectivity index (χ4v) is 4.43. The first-order chi connectivity index (χ1) is 16.5. The molecule has 1 amide bonds. The molecule has 34 heavy (non-hydrogen) atoms. The molecule has 4 N–H and O–H groups in total.